The Balaban J connectivity index is 1.50. The van der Waals surface area contributed by atoms with E-state index in [9.17, 15) is 28.8 Å². The molecule has 0 aliphatic rings. The minimum atomic E-state index is -0.654. The summed E-state index contributed by atoms with van der Waals surface area (Å²) in [6.07, 6.45) is 7.60. The molecule has 34 heavy (non-hydrogen) atoms. The van der Waals surface area contributed by atoms with E-state index in [1.807, 2.05) is 0 Å². The van der Waals surface area contributed by atoms with Crippen molar-refractivity contribution >= 4 is 11.9 Å². The molecule has 0 spiro atoms. The van der Waals surface area contributed by atoms with E-state index in [1.165, 1.54) is 12.4 Å². The van der Waals surface area contributed by atoms with Crippen molar-refractivity contribution in [3.8, 4) is 0 Å². The van der Waals surface area contributed by atoms with Crippen molar-refractivity contribution in [2.75, 3.05) is 13.2 Å². The third kappa shape index (κ3) is 8.68. The first kappa shape index (κ1) is 26.6. The molecule has 12 nitrogen and oxygen atoms in total. The first-order chi connectivity index (χ1) is 16.2. The van der Waals surface area contributed by atoms with E-state index < -0.39 is 34.4 Å². The molecule has 2 aromatic heterocycles. The molecule has 0 atom stereocenters. The van der Waals surface area contributed by atoms with Crippen molar-refractivity contribution in [1.29, 1.82) is 0 Å². The zero-order chi connectivity index (χ0) is 25.1. The van der Waals surface area contributed by atoms with Gasteiger partial charge in [-0.15, -0.1) is 0 Å². The molecular weight excluding hydrogens is 448 g/mol. The summed E-state index contributed by atoms with van der Waals surface area (Å²) in [5.74, 6) is -1.09. The lowest BCUT2D eigenvalue weighted by Crippen LogP contribution is -2.33. The number of ether oxygens (including phenoxy) is 2. The van der Waals surface area contributed by atoms with Gasteiger partial charge in [0.2, 0.25) is 0 Å². The van der Waals surface area contributed by atoms with Gasteiger partial charge in [-0.3, -0.25) is 38.3 Å². The number of unbranched alkanes of at least 4 members (excludes halogenated alkanes) is 5. The molecule has 0 unspecified atom stereocenters. The van der Waals surface area contributed by atoms with Crippen LogP contribution in [0.3, 0.4) is 0 Å². The number of hydrogen-bond donors (Lipinski definition) is 2. The predicted molar refractivity (Wildman–Crippen MR) is 122 cm³/mol. The standard InChI is InChI=1S/C22H30N4O8/c1-15-11-25(21(31)23-19(15)29)13-17(27)33-9-7-5-3-4-6-8-10-34-18(28)14-26-12-16(2)20(30)24-22(26)32/h11-12H,3-10,13-14H2,1-2H3,(H,23,29,31)(H,24,30,32). The lowest BCUT2D eigenvalue weighted by atomic mass is 10.1. The van der Waals surface area contributed by atoms with Crippen LogP contribution in [0.25, 0.3) is 0 Å². The first-order valence-corrected chi connectivity index (χ1v) is 11.1. The van der Waals surface area contributed by atoms with Gasteiger partial charge in [-0.05, 0) is 26.7 Å². The maximum atomic E-state index is 11.8. The van der Waals surface area contributed by atoms with E-state index in [4.69, 9.17) is 9.47 Å². The summed E-state index contributed by atoms with van der Waals surface area (Å²) in [4.78, 5) is 73.9. The quantitative estimate of drug-likeness (QED) is 0.303. The molecule has 0 aliphatic carbocycles. The lowest BCUT2D eigenvalue weighted by Gasteiger charge is -2.08. The monoisotopic (exact) mass is 478 g/mol. The first-order valence-electron chi connectivity index (χ1n) is 11.1. The lowest BCUT2D eigenvalue weighted by molar-refractivity contribution is -0.145. The molecule has 2 heterocycles. The van der Waals surface area contributed by atoms with Crippen LogP contribution in [0.1, 0.15) is 49.7 Å². The predicted octanol–water partition coefficient (Wildman–Crippen LogP) is 0.131. The molecular formula is C22H30N4O8. The Labute approximate surface area is 194 Å². The minimum Gasteiger partial charge on any atom is -0.464 e. The topological polar surface area (TPSA) is 162 Å². The van der Waals surface area contributed by atoms with E-state index in [-0.39, 0.29) is 26.3 Å². The highest BCUT2D eigenvalue weighted by Crippen LogP contribution is 2.06. The number of carbonyl (C=O) groups excluding carboxylic acids is 2. The molecule has 0 saturated heterocycles. The number of nitrogens with one attached hydrogen (secondary N) is 2. The maximum absolute atomic E-state index is 11.8. The number of H-pyrrole nitrogens is 2. The Morgan fingerprint density at radius 1 is 0.676 bits per heavy atom. The molecule has 0 amide bonds. The van der Waals surface area contributed by atoms with Crippen molar-refractivity contribution in [2.24, 2.45) is 0 Å². The van der Waals surface area contributed by atoms with Gasteiger partial charge in [0, 0.05) is 23.5 Å². The van der Waals surface area contributed by atoms with Crippen LogP contribution in [-0.4, -0.2) is 44.3 Å². The zero-order valence-corrected chi connectivity index (χ0v) is 19.4. The number of aryl methyl sites for hydroxylation is 2. The largest absolute Gasteiger partial charge is 0.464 e. The average Bonchev–Trinajstić information content (AvgIpc) is 2.77. The van der Waals surface area contributed by atoms with Crippen LogP contribution >= 0.6 is 0 Å². The van der Waals surface area contributed by atoms with Gasteiger partial charge in [-0.1, -0.05) is 25.7 Å². The Kier molecular flexibility index (Phi) is 10.2. The summed E-state index contributed by atoms with van der Waals surface area (Å²) in [5, 5.41) is 0. The van der Waals surface area contributed by atoms with E-state index in [2.05, 4.69) is 9.97 Å². The number of hydrogen-bond acceptors (Lipinski definition) is 8. The Bertz CT molecular complexity index is 1130. The van der Waals surface area contributed by atoms with Crippen molar-refractivity contribution < 1.29 is 19.1 Å². The minimum absolute atomic E-state index is 0.247. The summed E-state index contributed by atoms with van der Waals surface area (Å²) in [6, 6.07) is 0. The van der Waals surface area contributed by atoms with Gasteiger partial charge in [0.05, 0.1) is 13.2 Å². The van der Waals surface area contributed by atoms with Crippen molar-refractivity contribution in [3.05, 3.63) is 65.2 Å². The van der Waals surface area contributed by atoms with Crippen LogP contribution in [0.5, 0.6) is 0 Å². The number of aromatic nitrogens is 4. The highest BCUT2D eigenvalue weighted by Gasteiger charge is 2.09. The third-order valence-electron chi connectivity index (χ3n) is 5.04. The molecule has 0 aliphatic heterocycles. The van der Waals surface area contributed by atoms with Crippen LogP contribution in [0.2, 0.25) is 0 Å². The summed E-state index contributed by atoms with van der Waals surface area (Å²) >= 11 is 0. The fraction of sp³-hybridized carbons (Fsp3) is 0.545. The molecule has 2 aromatic rings. The molecule has 0 radical (unpaired) electrons. The second-order valence-corrected chi connectivity index (χ2v) is 7.96. The Morgan fingerprint density at radius 2 is 1.03 bits per heavy atom. The SMILES string of the molecule is Cc1cn(CC(=O)OCCCCCCCCOC(=O)Cn2cc(C)c(=O)[nH]c2=O)c(=O)[nH]c1=O. The van der Waals surface area contributed by atoms with Gasteiger partial charge in [-0.2, -0.15) is 0 Å². The molecule has 0 fully saturated rings. The number of carbonyl (C=O) groups is 2. The molecule has 12 heteroatoms. The van der Waals surface area contributed by atoms with Crippen LogP contribution in [-0.2, 0) is 32.2 Å². The summed E-state index contributed by atoms with van der Waals surface area (Å²) < 4.78 is 12.4. The number of esters is 2. The van der Waals surface area contributed by atoms with E-state index >= 15 is 0 Å². The second kappa shape index (κ2) is 13.1. The van der Waals surface area contributed by atoms with Crippen molar-refractivity contribution in [2.45, 2.75) is 65.5 Å². The van der Waals surface area contributed by atoms with Gasteiger partial charge in [0.25, 0.3) is 11.1 Å². The van der Waals surface area contributed by atoms with Gasteiger partial charge in [0.15, 0.2) is 0 Å². The Hall–Kier alpha value is -3.70. The smallest absolute Gasteiger partial charge is 0.328 e. The average molecular weight is 479 g/mol. The highest BCUT2D eigenvalue weighted by atomic mass is 16.5. The molecule has 0 aromatic carbocycles. The van der Waals surface area contributed by atoms with E-state index in [0.717, 1.165) is 34.8 Å². The normalized spacial score (nSPS) is 10.8. The molecule has 2 rings (SSSR count). The van der Waals surface area contributed by atoms with Crippen LogP contribution in [0.4, 0.5) is 0 Å². The van der Waals surface area contributed by atoms with Crippen LogP contribution in [0.15, 0.2) is 31.6 Å². The van der Waals surface area contributed by atoms with Crippen molar-refractivity contribution in [3.63, 3.8) is 0 Å². The third-order valence-corrected chi connectivity index (χ3v) is 5.04. The van der Waals surface area contributed by atoms with Gasteiger partial charge >= 0.3 is 23.3 Å². The second-order valence-electron chi connectivity index (χ2n) is 7.96. The number of nitrogens with zero attached hydrogens (tertiary/aromatic N) is 2. The summed E-state index contributed by atoms with van der Waals surface area (Å²) in [6.45, 7) is 3.07. The summed E-state index contributed by atoms with van der Waals surface area (Å²) in [7, 11) is 0. The Morgan fingerprint density at radius 3 is 1.41 bits per heavy atom. The number of aromatic amines is 2. The summed E-state index contributed by atoms with van der Waals surface area (Å²) in [5.41, 5.74) is -1.60. The fourth-order valence-corrected chi connectivity index (χ4v) is 3.12. The molecule has 0 saturated carbocycles. The van der Waals surface area contributed by atoms with E-state index in [1.54, 1.807) is 13.8 Å². The van der Waals surface area contributed by atoms with Crippen LogP contribution in [0, 0.1) is 13.8 Å². The number of rotatable bonds is 13. The molecule has 2 N–H and O–H groups in total. The van der Waals surface area contributed by atoms with Gasteiger partial charge in [0.1, 0.15) is 13.1 Å². The van der Waals surface area contributed by atoms with Crippen molar-refractivity contribution in [1.82, 2.24) is 19.1 Å². The van der Waals surface area contributed by atoms with Crippen LogP contribution < -0.4 is 22.5 Å². The fourth-order valence-electron chi connectivity index (χ4n) is 3.12. The van der Waals surface area contributed by atoms with E-state index in [0.29, 0.717) is 24.0 Å². The molecule has 0 bridgehead atoms. The zero-order valence-electron chi connectivity index (χ0n) is 19.4. The highest BCUT2D eigenvalue weighted by molar-refractivity contribution is 5.69. The van der Waals surface area contributed by atoms with Gasteiger partial charge < -0.3 is 9.47 Å². The van der Waals surface area contributed by atoms with Gasteiger partial charge in [-0.25, -0.2) is 9.59 Å². The maximum Gasteiger partial charge on any atom is 0.328 e. The molecule has 186 valence electrons.